The second-order valence-corrected chi connectivity index (χ2v) is 10.6. The third-order valence-electron chi connectivity index (χ3n) is 5.75. The second-order valence-electron chi connectivity index (χ2n) is 8.53. The molecule has 0 bridgehead atoms. The van der Waals surface area contributed by atoms with Crippen LogP contribution in [0.1, 0.15) is 25.0 Å². The summed E-state index contributed by atoms with van der Waals surface area (Å²) in [6, 6.07) is 14.6. The maximum atomic E-state index is 14.4. The molecular formula is C27H26FN4O7P. The number of nitrogens with one attached hydrogen (secondary N) is 1. The highest BCUT2D eigenvalue weighted by Crippen LogP contribution is 2.51. The Hall–Kier alpha value is -4.38. The highest BCUT2D eigenvalue weighted by atomic mass is 31.2. The van der Waals surface area contributed by atoms with E-state index in [9.17, 15) is 29.1 Å². The number of benzene rings is 3. The van der Waals surface area contributed by atoms with Crippen molar-refractivity contribution in [3.8, 4) is 11.4 Å². The van der Waals surface area contributed by atoms with Crippen LogP contribution in [0.4, 0.5) is 15.8 Å². The molecule has 1 aromatic heterocycles. The quantitative estimate of drug-likeness (QED) is 0.0694. The number of nitrogens with zero attached hydrogens (tertiary/aromatic N) is 3. The highest BCUT2D eigenvalue weighted by molar-refractivity contribution is 7.53. The number of non-ortho nitro benzene ring substituents is 1. The maximum absolute atomic E-state index is 14.4. The monoisotopic (exact) mass is 568 g/mol. The van der Waals surface area contributed by atoms with Crippen LogP contribution in [0.3, 0.4) is 0 Å². The van der Waals surface area contributed by atoms with Crippen LogP contribution >= 0.6 is 7.60 Å². The van der Waals surface area contributed by atoms with E-state index >= 15 is 0 Å². The van der Waals surface area contributed by atoms with E-state index in [2.05, 4.69) is 10.3 Å². The van der Waals surface area contributed by atoms with Crippen LogP contribution in [-0.4, -0.2) is 39.0 Å². The first kappa shape index (κ1) is 28.6. The third-order valence-corrected chi connectivity index (χ3v) is 7.78. The first-order valence-electron chi connectivity index (χ1n) is 12.2. The summed E-state index contributed by atoms with van der Waals surface area (Å²) in [6.45, 7) is 3.66. The molecule has 0 aliphatic carbocycles. The van der Waals surface area contributed by atoms with Gasteiger partial charge in [-0.2, -0.15) is 4.73 Å². The fraction of sp³-hybridized carbons (Fsp3) is 0.185. The molecule has 1 heterocycles. The average Bonchev–Trinajstić information content (AvgIpc) is 3.25. The van der Waals surface area contributed by atoms with Gasteiger partial charge in [0.05, 0.1) is 29.8 Å². The van der Waals surface area contributed by atoms with Crippen LogP contribution in [0.5, 0.6) is 0 Å². The lowest BCUT2D eigenvalue weighted by Crippen LogP contribution is -2.07. The normalized spacial score (nSPS) is 11.8. The Balaban J connectivity index is 1.45. The fourth-order valence-corrected chi connectivity index (χ4v) is 5.66. The van der Waals surface area contributed by atoms with Crippen molar-refractivity contribution in [2.75, 3.05) is 18.5 Å². The van der Waals surface area contributed by atoms with Gasteiger partial charge in [0, 0.05) is 35.0 Å². The van der Waals surface area contributed by atoms with Crippen molar-refractivity contribution >= 4 is 42.0 Å². The van der Waals surface area contributed by atoms with Gasteiger partial charge in [0.15, 0.2) is 5.82 Å². The van der Waals surface area contributed by atoms with Gasteiger partial charge in [-0.15, -0.1) is 0 Å². The molecule has 4 rings (SSSR count). The SMILES string of the molecule is CCOP(=O)(Cc1cc(/C=C/C(=O)Nc2ccc(-c3nc4ccc([N+](=O)[O-])cc4n3O)cc2)ccc1F)OCC. The predicted octanol–water partition coefficient (Wildman–Crippen LogP) is 6.41. The molecule has 4 aromatic rings. The maximum Gasteiger partial charge on any atom is 0.335 e. The van der Waals surface area contributed by atoms with E-state index in [1.807, 2.05) is 0 Å². The van der Waals surface area contributed by atoms with Gasteiger partial charge in [-0.05, 0) is 68.0 Å². The number of hydrogen-bond donors (Lipinski definition) is 2. The van der Waals surface area contributed by atoms with Crippen LogP contribution in [0, 0.1) is 15.9 Å². The first-order chi connectivity index (χ1) is 19.1. The van der Waals surface area contributed by atoms with Crippen molar-refractivity contribution in [3.63, 3.8) is 0 Å². The molecule has 2 N–H and O–H groups in total. The molecule has 0 unspecified atom stereocenters. The molecule has 0 atom stereocenters. The zero-order chi connectivity index (χ0) is 28.9. The molecule has 11 nitrogen and oxygen atoms in total. The summed E-state index contributed by atoms with van der Waals surface area (Å²) in [4.78, 5) is 27.3. The van der Waals surface area contributed by atoms with Crippen LogP contribution in [0.25, 0.3) is 28.5 Å². The molecule has 13 heteroatoms. The molecule has 0 aliphatic rings. The number of carbonyl (C=O) groups excluding carboxylic acids is 1. The number of carbonyl (C=O) groups is 1. The molecule has 0 aliphatic heterocycles. The molecule has 1 amide bonds. The Kier molecular flexibility index (Phi) is 8.73. The number of nitro groups is 1. The second kappa shape index (κ2) is 12.2. The molecule has 208 valence electrons. The van der Waals surface area contributed by atoms with Crippen LogP contribution in [-0.2, 0) is 24.6 Å². The Morgan fingerprint density at radius 1 is 1.12 bits per heavy atom. The fourth-order valence-electron chi connectivity index (χ4n) is 3.96. The highest BCUT2D eigenvalue weighted by Gasteiger charge is 2.25. The smallest absolute Gasteiger partial charge is 0.335 e. The number of amides is 1. The number of aromatic nitrogens is 2. The number of halogens is 1. The molecule has 40 heavy (non-hydrogen) atoms. The van der Waals surface area contributed by atoms with Crippen molar-refractivity contribution < 1.29 is 32.9 Å². The predicted molar refractivity (Wildman–Crippen MR) is 148 cm³/mol. The molecule has 0 fully saturated rings. The number of hydrogen-bond acceptors (Lipinski definition) is 8. The van der Waals surface area contributed by atoms with E-state index in [1.165, 1.54) is 48.6 Å². The van der Waals surface area contributed by atoms with Gasteiger partial charge in [0.25, 0.3) is 5.69 Å². The van der Waals surface area contributed by atoms with Gasteiger partial charge in [0.1, 0.15) is 11.3 Å². The first-order valence-corrected chi connectivity index (χ1v) is 14.0. The van der Waals surface area contributed by atoms with Gasteiger partial charge in [-0.25, -0.2) is 9.37 Å². The Morgan fingerprint density at radius 3 is 2.48 bits per heavy atom. The molecular weight excluding hydrogens is 542 g/mol. The summed E-state index contributed by atoms with van der Waals surface area (Å²) in [5, 5.41) is 24.2. The Labute approximate surface area is 228 Å². The summed E-state index contributed by atoms with van der Waals surface area (Å²) in [6.07, 6.45) is 2.53. The van der Waals surface area contributed by atoms with Crippen LogP contribution < -0.4 is 5.32 Å². The van der Waals surface area contributed by atoms with Crippen molar-refractivity contribution in [1.82, 2.24) is 9.71 Å². The molecule has 0 radical (unpaired) electrons. The summed E-state index contributed by atoms with van der Waals surface area (Å²) in [5.74, 6) is -0.829. The summed E-state index contributed by atoms with van der Waals surface area (Å²) in [7, 11) is -3.51. The van der Waals surface area contributed by atoms with E-state index in [0.29, 0.717) is 22.3 Å². The Bertz CT molecular complexity index is 1630. The summed E-state index contributed by atoms with van der Waals surface area (Å²) >= 11 is 0. The summed E-state index contributed by atoms with van der Waals surface area (Å²) < 4.78 is 38.4. The van der Waals surface area contributed by atoms with Crippen molar-refractivity contribution in [2.45, 2.75) is 20.0 Å². The minimum atomic E-state index is -3.51. The molecule has 0 saturated heterocycles. The molecule has 3 aromatic carbocycles. The summed E-state index contributed by atoms with van der Waals surface area (Å²) in [5.41, 5.74) is 2.04. The average molecular weight is 568 g/mol. The van der Waals surface area contributed by atoms with Gasteiger partial charge >= 0.3 is 7.60 Å². The minimum absolute atomic E-state index is 0.146. The molecule has 0 spiro atoms. The lowest BCUT2D eigenvalue weighted by atomic mass is 10.1. The minimum Gasteiger partial charge on any atom is -0.426 e. The topological polar surface area (TPSA) is 146 Å². The van der Waals surface area contributed by atoms with Gasteiger partial charge in [0.2, 0.25) is 5.91 Å². The van der Waals surface area contributed by atoms with Crippen molar-refractivity contribution in [1.29, 1.82) is 0 Å². The zero-order valence-corrected chi connectivity index (χ0v) is 22.5. The lowest BCUT2D eigenvalue weighted by molar-refractivity contribution is -0.384. The van der Waals surface area contributed by atoms with E-state index in [0.717, 1.165) is 4.73 Å². The van der Waals surface area contributed by atoms with E-state index in [-0.39, 0.29) is 42.0 Å². The standard InChI is InChI=1S/C27H26FN4O7P/c1-3-38-40(37,39-4-2)17-20-15-18(5-12-23(20)28)6-14-26(33)29-21-9-7-19(8-10-21)27-30-24-13-11-22(32(35)36)16-25(24)31(27)34/h5-16,34H,3-4,17H2,1-2H3,(H,29,33)/b14-6+. The number of anilines is 1. The number of fused-ring (bicyclic) bond motifs is 1. The number of nitro benzene ring substituents is 1. The lowest BCUT2D eigenvalue weighted by Gasteiger charge is -2.17. The van der Waals surface area contributed by atoms with E-state index in [4.69, 9.17) is 9.05 Å². The van der Waals surface area contributed by atoms with E-state index < -0.39 is 24.2 Å². The third kappa shape index (κ3) is 6.60. The van der Waals surface area contributed by atoms with Crippen LogP contribution in [0.15, 0.2) is 66.7 Å². The van der Waals surface area contributed by atoms with Gasteiger partial charge < -0.3 is 19.6 Å². The largest absolute Gasteiger partial charge is 0.426 e. The van der Waals surface area contributed by atoms with E-state index in [1.54, 1.807) is 38.1 Å². The zero-order valence-electron chi connectivity index (χ0n) is 21.6. The van der Waals surface area contributed by atoms with Crippen LogP contribution in [0.2, 0.25) is 0 Å². The Morgan fingerprint density at radius 2 is 1.82 bits per heavy atom. The van der Waals surface area contributed by atoms with Gasteiger partial charge in [-0.3, -0.25) is 19.5 Å². The number of rotatable bonds is 11. The van der Waals surface area contributed by atoms with Gasteiger partial charge in [-0.1, -0.05) is 6.07 Å². The molecule has 0 saturated carbocycles. The van der Waals surface area contributed by atoms with Crippen molar-refractivity contribution in [3.05, 3.63) is 93.8 Å². The van der Waals surface area contributed by atoms with Crippen molar-refractivity contribution in [2.24, 2.45) is 0 Å². The number of imidazole rings is 1.